The number of carbonyl (C=O) groups is 1. The number of fused-ring (bicyclic) bond motifs is 1. The van der Waals surface area contributed by atoms with Crippen molar-refractivity contribution in [2.75, 3.05) is 26.1 Å². The molecule has 0 saturated carbocycles. The average Bonchev–Trinajstić information content (AvgIpc) is 3.06. The summed E-state index contributed by atoms with van der Waals surface area (Å²) in [6, 6.07) is 10.4. The second-order valence-electron chi connectivity index (χ2n) is 6.16. The molecule has 0 bridgehead atoms. The lowest BCUT2D eigenvalue weighted by atomic mass is 9.88. The predicted molar refractivity (Wildman–Crippen MR) is 93.1 cm³/mol. The van der Waals surface area contributed by atoms with E-state index in [1.54, 1.807) is 22.8 Å². The summed E-state index contributed by atoms with van der Waals surface area (Å²) in [6.07, 6.45) is 4.75. The van der Waals surface area contributed by atoms with E-state index in [1.165, 1.54) is 11.1 Å². The lowest BCUT2D eigenvalue weighted by Crippen LogP contribution is -2.42. The molecule has 6 nitrogen and oxygen atoms in total. The van der Waals surface area contributed by atoms with E-state index < -0.39 is 0 Å². The number of nitrogens with zero attached hydrogens (tertiary/aromatic N) is 3. The maximum absolute atomic E-state index is 12.5. The van der Waals surface area contributed by atoms with Gasteiger partial charge < -0.3 is 9.64 Å². The molecular weight excluding hydrogens is 304 g/mol. The maximum Gasteiger partial charge on any atom is 0.323 e. The van der Waals surface area contributed by atoms with E-state index in [1.807, 2.05) is 13.2 Å². The van der Waals surface area contributed by atoms with Gasteiger partial charge in [0.15, 0.2) is 5.82 Å². The number of urea groups is 1. The van der Waals surface area contributed by atoms with E-state index in [0.717, 1.165) is 19.3 Å². The highest BCUT2D eigenvalue weighted by Crippen LogP contribution is 2.24. The molecule has 1 N–H and O–H groups in total. The molecule has 6 heteroatoms. The van der Waals surface area contributed by atoms with Gasteiger partial charge in [0, 0.05) is 32.5 Å². The summed E-state index contributed by atoms with van der Waals surface area (Å²) in [5.74, 6) is 0.569. The van der Waals surface area contributed by atoms with Gasteiger partial charge in [-0.25, -0.2) is 4.79 Å². The van der Waals surface area contributed by atoms with Crippen molar-refractivity contribution in [3.05, 3.63) is 47.7 Å². The molecule has 1 aromatic heterocycles. The number of anilines is 1. The summed E-state index contributed by atoms with van der Waals surface area (Å²) in [5, 5.41) is 7.20. The van der Waals surface area contributed by atoms with Crippen LogP contribution >= 0.6 is 0 Å². The number of rotatable bonds is 5. The van der Waals surface area contributed by atoms with Gasteiger partial charge in [0.2, 0.25) is 0 Å². The summed E-state index contributed by atoms with van der Waals surface area (Å²) in [6.45, 7) is 1.26. The number of aromatic nitrogens is 2. The second kappa shape index (κ2) is 7.49. The standard InChI is InChI=1S/C18H24N4O2/c1-21(16-8-7-14-5-3-4-6-15(14)13-16)18(23)19-17-9-10-22(20-17)11-12-24-2/h3-6,9-10,16H,7-8,11-13H2,1-2H3,(H,19,20,23). The molecule has 0 fully saturated rings. The summed E-state index contributed by atoms with van der Waals surface area (Å²) in [5.41, 5.74) is 2.75. The molecule has 1 aromatic carbocycles. The van der Waals surface area contributed by atoms with Crippen LogP contribution in [0.5, 0.6) is 0 Å². The van der Waals surface area contributed by atoms with E-state index in [0.29, 0.717) is 19.0 Å². The van der Waals surface area contributed by atoms with Gasteiger partial charge in [-0.15, -0.1) is 0 Å². The van der Waals surface area contributed by atoms with Crippen LogP contribution in [0, 0.1) is 0 Å². The van der Waals surface area contributed by atoms with Crippen LogP contribution in [0.25, 0.3) is 0 Å². The fourth-order valence-corrected chi connectivity index (χ4v) is 3.11. The first-order chi connectivity index (χ1) is 11.7. The normalized spacial score (nSPS) is 16.5. The van der Waals surface area contributed by atoms with Crippen LogP contribution in [0.2, 0.25) is 0 Å². The molecule has 1 aliphatic carbocycles. The highest BCUT2D eigenvalue weighted by atomic mass is 16.5. The van der Waals surface area contributed by atoms with E-state index in [4.69, 9.17) is 4.74 Å². The van der Waals surface area contributed by atoms with Crippen LogP contribution in [0.3, 0.4) is 0 Å². The molecule has 1 aliphatic rings. The number of amides is 2. The van der Waals surface area contributed by atoms with Crippen molar-refractivity contribution in [1.29, 1.82) is 0 Å². The van der Waals surface area contributed by atoms with Gasteiger partial charge in [0.1, 0.15) is 0 Å². The molecule has 2 aromatic rings. The Balaban J connectivity index is 1.58. The molecule has 2 amide bonds. The van der Waals surface area contributed by atoms with Gasteiger partial charge in [-0.1, -0.05) is 24.3 Å². The van der Waals surface area contributed by atoms with Crippen molar-refractivity contribution in [2.24, 2.45) is 0 Å². The quantitative estimate of drug-likeness (QED) is 0.917. The Morgan fingerprint density at radius 3 is 2.96 bits per heavy atom. The molecule has 24 heavy (non-hydrogen) atoms. The Morgan fingerprint density at radius 2 is 2.17 bits per heavy atom. The van der Waals surface area contributed by atoms with Crippen molar-refractivity contribution in [3.63, 3.8) is 0 Å². The predicted octanol–water partition coefficient (Wildman–Crippen LogP) is 2.55. The van der Waals surface area contributed by atoms with Crippen LogP contribution in [0.1, 0.15) is 17.5 Å². The Bertz CT molecular complexity index is 698. The minimum Gasteiger partial charge on any atom is -0.383 e. The monoisotopic (exact) mass is 328 g/mol. The van der Waals surface area contributed by atoms with Crippen molar-refractivity contribution in [2.45, 2.75) is 31.8 Å². The van der Waals surface area contributed by atoms with E-state index in [-0.39, 0.29) is 12.1 Å². The van der Waals surface area contributed by atoms with Crippen LogP contribution in [-0.2, 0) is 24.1 Å². The van der Waals surface area contributed by atoms with Crippen LogP contribution < -0.4 is 5.32 Å². The summed E-state index contributed by atoms with van der Waals surface area (Å²) >= 11 is 0. The largest absolute Gasteiger partial charge is 0.383 e. The first kappa shape index (κ1) is 16.5. The minimum absolute atomic E-state index is 0.114. The third-order valence-corrected chi connectivity index (χ3v) is 4.59. The van der Waals surface area contributed by atoms with Crippen LogP contribution in [-0.4, -0.2) is 47.5 Å². The van der Waals surface area contributed by atoms with Gasteiger partial charge >= 0.3 is 6.03 Å². The Labute approximate surface area is 142 Å². The Kier molecular flexibility index (Phi) is 5.15. The average molecular weight is 328 g/mol. The Hall–Kier alpha value is -2.34. The molecule has 0 aliphatic heterocycles. The zero-order chi connectivity index (χ0) is 16.9. The molecule has 0 radical (unpaired) electrons. The molecule has 1 unspecified atom stereocenters. The molecule has 1 heterocycles. The number of methoxy groups -OCH3 is 1. The third kappa shape index (κ3) is 3.76. The van der Waals surface area contributed by atoms with Crippen molar-refractivity contribution < 1.29 is 9.53 Å². The van der Waals surface area contributed by atoms with E-state index in [9.17, 15) is 4.79 Å². The first-order valence-corrected chi connectivity index (χ1v) is 8.30. The topological polar surface area (TPSA) is 59.4 Å². The lowest BCUT2D eigenvalue weighted by molar-refractivity contribution is 0.183. The number of likely N-dealkylation sites (N-methyl/N-ethyl adjacent to an activating group) is 1. The highest BCUT2D eigenvalue weighted by Gasteiger charge is 2.25. The summed E-state index contributed by atoms with van der Waals surface area (Å²) < 4.78 is 6.79. The number of nitrogens with one attached hydrogen (secondary N) is 1. The van der Waals surface area contributed by atoms with Crippen molar-refractivity contribution in [1.82, 2.24) is 14.7 Å². The third-order valence-electron chi connectivity index (χ3n) is 4.59. The fraction of sp³-hybridized carbons (Fsp3) is 0.444. The number of aryl methyl sites for hydroxylation is 1. The first-order valence-electron chi connectivity index (χ1n) is 8.30. The lowest BCUT2D eigenvalue weighted by Gasteiger charge is -2.32. The van der Waals surface area contributed by atoms with Crippen molar-refractivity contribution in [3.8, 4) is 0 Å². The number of benzene rings is 1. The maximum atomic E-state index is 12.5. The van der Waals surface area contributed by atoms with Gasteiger partial charge in [0.25, 0.3) is 0 Å². The second-order valence-corrected chi connectivity index (χ2v) is 6.16. The Morgan fingerprint density at radius 1 is 1.38 bits per heavy atom. The van der Waals surface area contributed by atoms with Crippen LogP contribution in [0.4, 0.5) is 10.6 Å². The number of hydrogen-bond donors (Lipinski definition) is 1. The van der Waals surface area contributed by atoms with E-state index in [2.05, 4.69) is 34.7 Å². The van der Waals surface area contributed by atoms with E-state index >= 15 is 0 Å². The minimum atomic E-state index is -0.114. The van der Waals surface area contributed by atoms with Crippen LogP contribution in [0.15, 0.2) is 36.5 Å². The molecule has 0 spiro atoms. The smallest absolute Gasteiger partial charge is 0.323 e. The summed E-state index contributed by atoms with van der Waals surface area (Å²) in [4.78, 5) is 14.3. The molecule has 128 valence electrons. The molecule has 0 saturated heterocycles. The number of hydrogen-bond acceptors (Lipinski definition) is 3. The van der Waals surface area contributed by atoms with Gasteiger partial charge in [0.05, 0.1) is 13.2 Å². The van der Waals surface area contributed by atoms with Crippen molar-refractivity contribution >= 4 is 11.8 Å². The molecule has 1 atom stereocenters. The SMILES string of the molecule is COCCn1ccc(NC(=O)N(C)C2CCc3ccccc3C2)n1. The zero-order valence-corrected chi connectivity index (χ0v) is 14.2. The van der Waals surface area contributed by atoms with Gasteiger partial charge in [-0.05, 0) is 30.4 Å². The van der Waals surface area contributed by atoms with Gasteiger partial charge in [-0.3, -0.25) is 10.00 Å². The molecular formula is C18H24N4O2. The van der Waals surface area contributed by atoms with Gasteiger partial charge in [-0.2, -0.15) is 5.10 Å². The fourth-order valence-electron chi connectivity index (χ4n) is 3.11. The molecule has 3 rings (SSSR count). The number of carbonyl (C=O) groups excluding carboxylic acids is 1. The highest BCUT2D eigenvalue weighted by molar-refractivity contribution is 5.88. The number of ether oxygens (including phenoxy) is 1. The summed E-state index contributed by atoms with van der Waals surface area (Å²) in [7, 11) is 3.51. The zero-order valence-electron chi connectivity index (χ0n) is 14.2.